The summed E-state index contributed by atoms with van der Waals surface area (Å²) in [4.78, 5) is 4.30. The molecule has 4 heteroatoms. The number of nitrogens with zero attached hydrogens (tertiary/aromatic N) is 1. The minimum atomic E-state index is 0.584. The zero-order valence-corrected chi connectivity index (χ0v) is 12.7. The maximum Gasteiger partial charge on any atom is 0.188 e. The van der Waals surface area contributed by atoms with Gasteiger partial charge in [0.15, 0.2) is 5.96 Å². The van der Waals surface area contributed by atoms with Crippen molar-refractivity contribution in [2.75, 3.05) is 26.3 Å². The number of guanidine groups is 1. The Kier molecular flexibility index (Phi) is 8.63. The molecule has 0 aromatic heterocycles. The first-order chi connectivity index (χ1) is 9.22. The highest BCUT2D eigenvalue weighted by atomic mass is 16.5. The van der Waals surface area contributed by atoms with Crippen LogP contribution in [0, 0.1) is 11.8 Å². The van der Waals surface area contributed by atoms with E-state index in [4.69, 9.17) is 10.5 Å². The highest BCUT2D eigenvalue weighted by molar-refractivity contribution is 5.77. The van der Waals surface area contributed by atoms with E-state index in [9.17, 15) is 0 Å². The first kappa shape index (κ1) is 16.3. The van der Waals surface area contributed by atoms with E-state index in [1.165, 1.54) is 32.1 Å². The van der Waals surface area contributed by atoms with Crippen molar-refractivity contribution in [3.8, 4) is 0 Å². The average molecular weight is 269 g/mol. The van der Waals surface area contributed by atoms with Crippen LogP contribution >= 0.6 is 0 Å². The van der Waals surface area contributed by atoms with Crippen LogP contribution in [0.5, 0.6) is 0 Å². The summed E-state index contributed by atoms with van der Waals surface area (Å²) in [6.45, 7) is 7.63. The summed E-state index contributed by atoms with van der Waals surface area (Å²) in [6, 6.07) is 0. The second kappa shape index (κ2) is 10.1. The molecule has 1 fully saturated rings. The van der Waals surface area contributed by atoms with E-state index in [1.54, 1.807) is 0 Å². The van der Waals surface area contributed by atoms with Gasteiger partial charge in [-0.05, 0) is 38.0 Å². The van der Waals surface area contributed by atoms with E-state index >= 15 is 0 Å². The van der Waals surface area contributed by atoms with Gasteiger partial charge in [0.25, 0.3) is 0 Å². The second-order valence-electron chi connectivity index (χ2n) is 5.67. The average Bonchev–Trinajstić information content (AvgIpc) is 2.38. The maximum atomic E-state index is 5.83. The highest BCUT2D eigenvalue weighted by Gasteiger charge is 2.18. The SMILES string of the molecule is CCOCCCN=C(N)NCCC1CCCC(C)C1. The van der Waals surface area contributed by atoms with Gasteiger partial charge in [-0.3, -0.25) is 4.99 Å². The van der Waals surface area contributed by atoms with Crippen molar-refractivity contribution in [3.05, 3.63) is 0 Å². The van der Waals surface area contributed by atoms with Gasteiger partial charge in [-0.15, -0.1) is 0 Å². The molecule has 1 rings (SSSR count). The molecule has 0 bridgehead atoms. The highest BCUT2D eigenvalue weighted by Crippen LogP contribution is 2.30. The van der Waals surface area contributed by atoms with E-state index in [0.29, 0.717) is 5.96 Å². The summed E-state index contributed by atoms with van der Waals surface area (Å²) < 4.78 is 5.26. The number of hydrogen-bond donors (Lipinski definition) is 2. The molecule has 1 aliphatic carbocycles. The summed E-state index contributed by atoms with van der Waals surface area (Å²) in [7, 11) is 0. The molecule has 1 aliphatic rings. The number of rotatable bonds is 8. The summed E-state index contributed by atoms with van der Waals surface area (Å²) in [6.07, 6.45) is 7.74. The van der Waals surface area contributed by atoms with Crippen molar-refractivity contribution < 1.29 is 4.74 Å². The van der Waals surface area contributed by atoms with Gasteiger partial charge in [-0.1, -0.05) is 26.2 Å². The smallest absolute Gasteiger partial charge is 0.188 e. The van der Waals surface area contributed by atoms with Gasteiger partial charge < -0.3 is 15.8 Å². The maximum absolute atomic E-state index is 5.83. The van der Waals surface area contributed by atoms with Crippen molar-refractivity contribution in [3.63, 3.8) is 0 Å². The molecular formula is C15H31N3O. The molecule has 2 unspecified atom stereocenters. The van der Waals surface area contributed by atoms with E-state index in [0.717, 1.165) is 44.6 Å². The molecule has 0 aromatic rings. The monoisotopic (exact) mass is 269 g/mol. The molecular weight excluding hydrogens is 238 g/mol. The molecule has 0 aliphatic heterocycles. The number of ether oxygens (including phenoxy) is 1. The van der Waals surface area contributed by atoms with Gasteiger partial charge >= 0.3 is 0 Å². The number of nitrogens with two attached hydrogens (primary N) is 1. The third-order valence-electron chi connectivity index (χ3n) is 3.84. The zero-order valence-electron chi connectivity index (χ0n) is 12.7. The van der Waals surface area contributed by atoms with Crippen LogP contribution in [0.15, 0.2) is 4.99 Å². The fourth-order valence-electron chi connectivity index (χ4n) is 2.79. The van der Waals surface area contributed by atoms with Crippen molar-refractivity contribution >= 4 is 5.96 Å². The third kappa shape index (κ3) is 8.09. The lowest BCUT2D eigenvalue weighted by molar-refractivity contribution is 0.146. The zero-order chi connectivity index (χ0) is 13.9. The molecule has 0 heterocycles. The fraction of sp³-hybridized carbons (Fsp3) is 0.933. The second-order valence-corrected chi connectivity index (χ2v) is 5.67. The summed E-state index contributed by atoms with van der Waals surface area (Å²) in [5.41, 5.74) is 5.83. The number of hydrogen-bond acceptors (Lipinski definition) is 2. The molecule has 112 valence electrons. The Hall–Kier alpha value is -0.770. The first-order valence-corrected chi connectivity index (χ1v) is 7.84. The van der Waals surface area contributed by atoms with Crippen molar-refractivity contribution in [2.24, 2.45) is 22.6 Å². The van der Waals surface area contributed by atoms with Crippen LogP contribution in [0.4, 0.5) is 0 Å². The normalized spacial score (nSPS) is 24.4. The van der Waals surface area contributed by atoms with Crippen LogP contribution in [-0.4, -0.2) is 32.3 Å². The Morgan fingerprint density at radius 2 is 2.26 bits per heavy atom. The number of nitrogens with one attached hydrogen (secondary N) is 1. The van der Waals surface area contributed by atoms with Crippen LogP contribution < -0.4 is 11.1 Å². The molecule has 3 N–H and O–H groups in total. The lowest BCUT2D eigenvalue weighted by atomic mass is 9.81. The molecule has 0 amide bonds. The van der Waals surface area contributed by atoms with Crippen LogP contribution in [-0.2, 0) is 4.74 Å². The summed E-state index contributed by atoms with van der Waals surface area (Å²) in [5, 5.41) is 3.22. The Labute approximate surface area is 118 Å². The molecule has 19 heavy (non-hydrogen) atoms. The summed E-state index contributed by atoms with van der Waals surface area (Å²) in [5.74, 6) is 2.37. The number of aliphatic imine (C=N–C) groups is 1. The van der Waals surface area contributed by atoms with Gasteiger partial charge in [0, 0.05) is 26.3 Å². The Bertz CT molecular complexity index is 256. The molecule has 0 radical (unpaired) electrons. The van der Waals surface area contributed by atoms with Crippen molar-refractivity contribution in [1.29, 1.82) is 0 Å². The molecule has 4 nitrogen and oxygen atoms in total. The van der Waals surface area contributed by atoms with Gasteiger partial charge in [-0.25, -0.2) is 0 Å². The van der Waals surface area contributed by atoms with Gasteiger partial charge in [-0.2, -0.15) is 0 Å². The van der Waals surface area contributed by atoms with E-state index in [-0.39, 0.29) is 0 Å². The van der Waals surface area contributed by atoms with E-state index < -0.39 is 0 Å². The standard InChI is InChI=1S/C15H31N3O/c1-3-19-11-5-9-17-15(16)18-10-8-14-7-4-6-13(2)12-14/h13-14H,3-12H2,1-2H3,(H3,16,17,18). The largest absolute Gasteiger partial charge is 0.382 e. The minimum absolute atomic E-state index is 0.584. The Morgan fingerprint density at radius 3 is 3.00 bits per heavy atom. The van der Waals surface area contributed by atoms with E-state index in [1.807, 2.05) is 6.92 Å². The predicted octanol–water partition coefficient (Wildman–Crippen LogP) is 2.53. The van der Waals surface area contributed by atoms with Gasteiger partial charge in [0.2, 0.25) is 0 Å². The van der Waals surface area contributed by atoms with Crippen LogP contribution in [0.1, 0.15) is 52.4 Å². The predicted molar refractivity (Wildman–Crippen MR) is 81.3 cm³/mol. The van der Waals surface area contributed by atoms with Crippen molar-refractivity contribution in [1.82, 2.24) is 5.32 Å². The van der Waals surface area contributed by atoms with Crippen LogP contribution in [0.2, 0.25) is 0 Å². The van der Waals surface area contributed by atoms with Crippen molar-refractivity contribution in [2.45, 2.75) is 52.4 Å². The Balaban J connectivity index is 2.02. The van der Waals surface area contributed by atoms with Gasteiger partial charge in [0.1, 0.15) is 0 Å². The quantitative estimate of drug-likeness (QED) is 0.404. The minimum Gasteiger partial charge on any atom is -0.382 e. The van der Waals surface area contributed by atoms with E-state index in [2.05, 4.69) is 17.2 Å². The molecule has 0 saturated heterocycles. The van der Waals surface area contributed by atoms with Crippen LogP contribution in [0.3, 0.4) is 0 Å². The fourth-order valence-corrected chi connectivity index (χ4v) is 2.79. The molecule has 0 spiro atoms. The topological polar surface area (TPSA) is 59.6 Å². The molecule has 1 saturated carbocycles. The molecule has 0 aromatic carbocycles. The lowest BCUT2D eigenvalue weighted by Gasteiger charge is -2.26. The van der Waals surface area contributed by atoms with Crippen LogP contribution in [0.25, 0.3) is 0 Å². The third-order valence-corrected chi connectivity index (χ3v) is 3.84. The lowest BCUT2D eigenvalue weighted by Crippen LogP contribution is -2.33. The Morgan fingerprint density at radius 1 is 1.42 bits per heavy atom. The molecule has 2 atom stereocenters. The first-order valence-electron chi connectivity index (χ1n) is 7.84. The summed E-state index contributed by atoms with van der Waals surface area (Å²) >= 11 is 0. The van der Waals surface area contributed by atoms with Gasteiger partial charge in [0.05, 0.1) is 0 Å².